The fourth-order valence-electron chi connectivity index (χ4n) is 2.60. The molecule has 0 atom stereocenters. The fourth-order valence-corrected chi connectivity index (χ4v) is 2.60. The van der Waals surface area contributed by atoms with Crippen molar-refractivity contribution in [2.75, 3.05) is 6.61 Å². The van der Waals surface area contributed by atoms with Crippen LogP contribution >= 0.6 is 0 Å². The Morgan fingerprint density at radius 2 is 1.86 bits per heavy atom. The number of carbonyl (C=O) groups excluding carboxylic acids is 1. The molecule has 2 aromatic rings. The van der Waals surface area contributed by atoms with Gasteiger partial charge in [0.15, 0.2) is 12.4 Å². The summed E-state index contributed by atoms with van der Waals surface area (Å²) in [7, 11) is 0. The molecule has 0 saturated carbocycles. The summed E-state index contributed by atoms with van der Waals surface area (Å²) in [5.74, 6) is 0.581. The highest BCUT2D eigenvalue weighted by atomic mass is 16.5. The highest BCUT2D eigenvalue weighted by Crippen LogP contribution is 2.23. The summed E-state index contributed by atoms with van der Waals surface area (Å²) in [5.41, 5.74) is 3.94. The van der Waals surface area contributed by atoms with Crippen LogP contribution in [0.3, 0.4) is 0 Å². The number of ether oxygens (including phenoxy) is 1. The summed E-state index contributed by atoms with van der Waals surface area (Å²) in [4.78, 5) is 12.2. The zero-order chi connectivity index (χ0) is 14.7. The van der Waals surface area contributed by atoms with Crippen LogP contribution in [0.1, 0.15) is 33.5 Å². The third-order valence-electron chi connectivity index (χ3n) is 3.77. The van der Waals surface area contributed by atoms with E-state index in [1.54, 1.807) is 24.3 Å². The summed E-state index contributed by atoms with van der Waals surface area (Å²) in [6.45, 7) is 0.0185. The van der Waals surface area contributed by atoms with Crippen LogP contribution in [0.25, 0.3) is 0 Å². The van der Waals surface area contributed by atoms with Crippen LogP contribution in [0.2, 0.25) is 0 Å². The first kappa shape index (κ1) is 13.4. The van der Waals surface area contributed by atoms with Crippen molar-refractivity contribution in [1.29, 1.82) is 5.26 Å². The predicted molar refractivity (Wildman–Crippen MR) is 79.4 cm³/mol. The molecule has 3 heteroatoms. The molecule has 0 saturated heterocycles. The van der Waals surface area contributed by atoms with E-state index in [1.165, 1.54) is 17.5 Å². The van der Waals surface area contributed by atoms with E-state index < -0.39 is 0 Å². The standard InChI is InChI=1S/C18H15NO2/c19-11-13-4-8-17(9-5-13)21-12-18(20)16-7-6-14-2-1-3-15(14)10-16/h4-10H,1-3,12H2. The number of hydrogen-bond acceptors (Lipinski definition) is 3. The number of benzene rings is 2. The largest absolute Gasteiger partial charge is 0.485 e. The number of nitriles is 1. The van der Waals surface area contributed by atoms with Crippen molar-refractivity contribution >= 4 is 5.78 Å². The molecule has 0 radical (unpaired) electrons. The van der Waals surface area contributed by atoms with Crippen LogP contribution in [-0.2, 0) is 12.8 Å². The molecule has 3 rings (SSSR count). The van der Waals surface area contributed by atoms with Crippen molar-refractivity contribution in [2.24, 2.45) is 0 Å². The molecule has 21 heavy (non-hydrogen) atoms. The zero-order valence-corrected chi connectivity index (χ0v) is 11.6. The van der Waals surface area contributed by atoms with Gasteiger partial charge in [0, 0.05) is 5.56 Å². The highest BCUT2D eigenvalue weighted by Gasteiger charge is 2.14. The van der Waals surface area contributed by atoms with Gasteiger partial charge in [-0.15, -0.1) is 0 Å². The van der Waals surface area contributed by atoms with Crippen molar-refractivity contribution in [1.82, 2.24) is 0 Å². The van der Waals surface area contributed by atoms with Gasteiger partial charge < -0.3 is 4.74 Å². The number of nitrogens with zero attached hydrogens (tertiary/aromatic N) is 1. The number of fused-ring (bicyclic) bond motifs is 1. The van der Waals surface area contributed by atoms with Gasteiger partial charge in [0.2, 0.25) is 0 Å². The number of aryl methyl sites for hydroxylation is 2. The first-order valence-electron chi connectivity index (χ1n) is 7.04. The number of carbonyl (C=O) groups is 1. The van der Waals surface area contributed by atoms with Crippen LogP contribution in [0.5, 0.6) is 5.75 Å². The maximum atomic E-state index is 12.2. The minimum absolute atomic E-state index is 0.0185. The summed E-state index contributed by atoms with van der Waals surface area (Å²) in [5, 5.41) is 8.73. The molecule has 0 bridgehead atoms. The first-order valence-corrected chi connectivity index (χ1v) is 7.04. The Morgan fingerprint density at radius 3 is 2.62 bits per heavy atom. The lowest BCUT2D eigenvalue weighted by molar-refractivity contribution is 0.0921. The molecule has 0 amide bonds. The van der Waals surface area contributed by atoms with E-state index in [4.69, 9.17) is 10.00 Å². The van der Waals surface area contributed by atoms with E-state index >= 15 is 0 Å². The number of ketones is 1. The molecule has 0 aromatic heterocycles. The van der Waals surface area contributed by atoms with Crippen molar-refractivity contribution in [2.45, 2.75) is 19.3 Å². The van der Waals surface area contributed by atoms with Crippen molar-refractivity contribution < 1.29 is 9.53 Å². The molecule has 0 spiro atoms. The summed E-state index contributed by atoms with van der Waals surface area (Å²) >= 11 is 0. The van der Waals surface area contributed by atoms with Gasteiger partial charge in [0.1, 0.15) is 5.75 Å². The van der Waals surface area contributed by atoms with Gasteiger partial charge in [-0.1, -0.05) is 12.1 Å². The summed E-state index contributed by atoms with van der Waals surface area (Å²) in [6.07, 6.45) is 3.35. The molecule has 0 fully saturated rings. The minimum atomic E-state index is -0.0194. The van der Waals surface area contributed by atoms with Gasteiger partial charge in [-0.3, -0.25) is 4.79 Å². The van der Waals surface area contributed by atoms with Crippen LogP contribution in [-0.4, -0.2) is 12.4 Å². The summed E-state index contributed by atoms with van der Waals surface area (Å²) < 4.78 is 5.48. The maximum absolute atomic E-state index is 12.2. The van der Waals surface area contributed by atoms with Gasteiger partial charge in [0.25, 0.3) is 0 Å². The Labute approximate surface area is 123 Å². The SMILES string of the molecule is N#Cc1ccc(OCC(=O)c2ccc3c(c2)CCC3)cc1. The lowest BCUT2D eigenvalue weighted by Crippen LogP contribution is -2.12. The zero-order valence-electron chi connectivity index (χ0n) is 11.6. The Bertz CT molecular complexity index is 711. The number of hydrogen-bond donors (Lipinski definition) is 0. The van der Waals surface area contributed by atoms with E-state index in [1.807, 2.05) is 18.2 Å². The lowest BCUT2D eigenvalue weighted by atomic mass is 10.0. The Kier molecular flexibility index (Phi) is 3.70. The van der Waals surface area contributed by atoms with Gasteiger partial charge in [-0.2, -0.15) is 5.26 Å². The second kappa shape index (κ2) is 5.80. The number of rotatable bonds is 4. The number of Topliss-reactive ketones (excluding diaryl/α,β-unsaturated/α-hetero) is 1. The molecule has 0 unspecified atom stereocenters. The van der Waals surface area contributed by atoms with E-state index in [0.717, 1.165) is 12.8 Å². The maximum Gasteiger partial charge on any atom is 0.200 e. The Balaban J connectivity index is 1.65. The molecular weight excluding hydrogens is 262 g/mol. The van der Waals surface area contributed by atoms with Gasteiger partial charge in [0.05, 0.1) is 11.6 Å². The first-order chi connectivity index (χ1) is 10.3. The summed E-state index contributed by atoms with van der Waals surface area (Å²) in [6, 6.07) is 14.7. The third kappa shape index (κ3) is 2.95. The van der Waals surface area contributed by atoms with Crippen LogP contribution in [0, 0.1) is 11.3 Å². The quantitative estimate of drug-likeness (QED) is 0.806. The van der Waals surface area contributed by atoms with Crippen LogP contribution < -0.4 is 4.74 Å². The molecule has 0 heterocycles. The molecular formula is C18H15NO2. The van der Waals surface area contributed by atoms with Crippen molar-refractivity contribution in [3.63, 3.8) is 0 Å². The molecule has 2 aromatic carbocycles. The van der Waals surface area contributed by atoms with Crippen molar-refractivity contribution in [3.05, 3.63) is 64.7 Å². The van der Waals surface area contributed by atoms with E-state index in [-0.39, 0.29) is 12.4 Å². The van der Waals surface area contributed by atoms with Crippen LogP contribution in [0.15, 0.2) is 42.5 Å². The molecule has 0 aliphatic heterocycles. The lowest BCUT2D eigenvalue weighted by Gasteiger charge is -2.07. The minimum Gasteiger partial charge on any atom is -0.485 e. The van der Waals surface area contributed by atoms with Gasteiger partial charge >= 0.3 is 0 Å². The average molecular weight is 277 g/mol. The molecule has 3 nitrogen and oxygen atoms in total. The fraction of sp³-hybridized carbons (Fsp3) is 0.222. The topological polar surface area (TPSA) is 50.1 Å². The monoisotopic (exact) mass is 277 g/mol. The molecule has 1 aliphatic carbocycles. The molecule has 0 N–H and O–H groups in total. The van der Waals surface area contributed by atoms with Crippen molar-refractivity contribution in [3.8, 4) is 11.8 Å². The third-order valence-corrected chi connectivity index (χ3v) is 3.77. The average Bonchev–Trinajstić information content (AvgIpc) is 3.00. The highest BCUT2D eigenvalue weighted by molar-refractivity contribution is 5.97. The van der Waals surface area contributed by atoms with Gasteiger partial charge in [-0.05, 0) is 60.7 Å². The molecule has 104 valence electrons. The molecule has 1 aliphatic rings. The van der Waals surface area contributed by atoms with E-state index in [2.05, 4.69) is 6.07 Å². The normalized spacial score (nSPS) is 12.5. The Morgan fingerprint density at radius 1 is 1.10 bits per heavy atom. The van der Waals surface area contributed by atoms with E-state index in [0.29, 0.717) is 16.9 Å². The Hall–Kier alpha value is -2.60. The van der Waals surface area contributed by atoms with Crippen LogP contribution in [0.4, 0.5) is 0 Å². The second-order valence-electron chi connectivity index (χ2n) is 5.19. The second-order valence-corrected chi connectivity index (χ2v) is 5.19. The van der Waals surface area contributed by atoms with Gasteiger partial charge in [-0.25, -0.2) is 0 Å². The predicted octanol–water partition coefficient (Wildman–Crippen LogP) is 3.31. The smallest absolute Gasteiger partial charge is 0.200 e. The van der Waals surface area contributed by atoms with E-state index in [9.17, 15) is 4.79 Å².